The maximum Gasteiger partial charge on any atom is 0.159 e. The Morgan fingerprint density at radius 2 is 1.16 bits per heavy atom. The average Bonchev–Trinajstić information content (AvgIpc) is 2.96. The van der Waals surface area contributed by atoms with Gasteiger partial charge in [-0.2, -0.15) is 0 Å². The average molecular weight is 521 g/mol. The third-order valence-corrected chi connectivity index (χ3v) is 8.61. The molecule has 1 aliphatic rings. The van der Waals surface area contributed by atoms with E-state index in [1.165, 1.54) is 121 Å². The lowest BCUT2D eigenvalue weighted by atomic mass is 9.78. The van der Waals surface area contributed by atoms with Crippen LogP contribution in [0.15, 0.2) is 36.7 Å². The molecule has 1 fully saturated rings. The van der Waals surface area contributed by atoms with Gasteiger partial charge < -0.3 is 4.74 Å². The highest BCUT2D eigenvalue weighted by Gasteiger charge is 2.20. The second-order valence-corrected chi connectivity index (χ2v) is 11.9. The van der Waals surface area contributed by atoms with Crippen molar-refractivity contribution in [3.8, 4) is 17.1 Å². The van der Waals surface area contributed by atoms with Crippen molar-refractivity contribution in [1.82, 2.24) is 9.97 Å². The molecule has 38 heavy (non-hydrogen) atoms. The fourth-order valence-corrected chi connectivity index (χ4v) is 5.98. The Bertz CT molecular complexity index is 824. The van der Waals surface area contributed by atoms with Crippen LogP contribution in [0.2, 0.25) is 0 Å². The number of unbranched alkanes of at least 4 members (excludes halogenated alkanes) is 11. The molecular formula is C35H56N2O. The van der Waals surface area contributed by atoms with Gasteiger partial charge in [0.15, 0.2) is 5.82 Å². The van der Waals surface area contributed by atoms with E-state index in [0.29, 0.717) is 0 Å². The van der Waals surface area contributed by atoms with E-state index < -0.39 is 0 Å². The van der Waals surface area contributed by atoms with Gasteiger partial charge in [0.2, 0.25) is 0 Å². The summed E-state index contributed by atoms with van der Waals surface area (Å²) < 4.78 is 5.97. The quantitative estimate of drug-likeness (QED) is 0.163. The topological polar surface area (TPSA) is 35.0 Å². The van der Waals surface area contributed by atoms with Crippen molar-refractivity contribution in [1.29, 1.82) is 0 Å². The molecule has 0 aliphatic heterocycles. The third kappa shape index (κ3) is 12.3. The maximum absolute atomic E-state index is 5.97. The summed E-state index contributed by atoms with van der Waals surface area (Å²) in [6.07, 6.45) is 31.4. The van der Waals surface area contributed by atoms with E-state index in [-0.39, 0.29) is 0 Å². The Labute approximate surface area is 234 Å². The normalized spacial score (nSPS) is 17.5. The van der Waals surface area contributed by atoms with Crippen LogP contribution in [0.5, 0.6) is 5.75 Å². The van der Waals surface area contributed by atoms with Crippen LogP contribution < -0.4 is 4.74 Å². The number of aromatic nitrogens is 2. The number of benzene rings is 1. The van der Waals surface area contributed by atoms with Crippen molar-refractivity contribution in [2.45, 2.75) is 142 Å². The summed E-state index contributed by atoms with van der Waals surface area (Å²) in [5.41, 5.74) is 2.33. The van der Waals surface area contributed by atoms with Crippen LogP contribution in [-0.2, 0) is 6.42 Å². The molecule has 1 heterocycles. The summed E-state index contributed by atoms with van der Waals surface area (Å²) in [7, 11) is 0. The lowest BCUT2D eigenvalue weighted by molar-refractivity contribution is 0.249. The van der Waals surface area contributed by atoms with E-state index >= 15 is 0 Å². The minimum atomic E-state index is 0.807. The molecule has 1 saturated carbocycles. The second-order valence-electron chi connectivity index (χ2n) is 11.9. The van der Waals surface area contributed by atoms with Crippen molar-refractivity contribution in [3.05, 3.63) is 42.2 Å². The summed E-state index contributed by atoms with van der Waals surface area (Å²) in [5.74, 6) is 3.64. The smallest absolute Gasteiger partial charge is 0.159 e. The molecule has 0 spiro atoms. The summed E-state index contributed by atoms with van der Waals surface area (Å²) in [6.45, 7) is 5.39. The Balaban J connectivity index is 1.26. The Kier molecular flexibility index (Phi) is 15.5. The lowest BCUT2D eigenvalue weighted by Crippen LogP contribution is -2.15. The molecule has 0 saturated heterocycles. The number of rotatable bonds is 20. The van der Waals surface area contributed by atoms with Crippen LogP contribution >= 0.6 is 0 Å². The zero-order chi connectivity index (χ0) is 26.7. The number of hydrogen-bond donors (Lipinski definition) is 0. The van der Waals surface area contributed by atoms with Crippen LogP contribution in [0.3, 0.4) is 0 Å². The van der Waals surface area contributed by atoms with Crippen LogP contribution in [-0.4, -0.2) is 16.6 Å². The number of hydrogen-bond acceptors (Lipinski definition) is 3. The van der Waals surface area contributed by atoms with E-state index in [1.807, 2.05) is 12.4 Å². The monoisotopic (exact) mass is 520 g/mol. The molecule has 0 radical (unpaired) electrons. The summed E-state index contributed by atoms with van der Waals surface area (Å²) in [5, 5.41) is 0. The number of nitrogens with zero attached hydrogens (tertiary/aromatic N) is 2. The second kappa shape index (κ2) is 19.2. The molecule has 0 amide bonds. The summed E-state index contributed by atoms with van der Waals surface area (Å²) >= 11 is 0. The molecule has 0 atom stereocenters. The van der Waals surface area contributed by atoms with E-state index in [4.69, 9.17) is 4.74 Å². The molecule has 3 rings (SSSR count). The molecule has 1 aromatic heterocycles. The molecule has 3 nitrogen and oxygen atoms in total. The predicted molar refractivity (Wildman–Crippen MR) is 163 cm³/mol. The fourth-order valence-electron chi connectivity index (χ4n) is 5.98. The van der Waals surface area contributed by atoms with E-state index in [2.05, 4.69) is 48.1 Å². The van der Waals surface area contributed by atoms with E-state index in [9.17, 15) is 0 Å². The Morgan fingerprint density at radius 1 is 0.632 bits per heavy atom. The van der Waals surface area contributed by atoms with Gasteiger partial charge in [-0.1, -0.05) is 123 Å². The zero-order valence-corrected chi connectivity index (χ0v) is 24.8. The van der Waals surface area contributed by atoms with Gasteiger partial charge in [-0.3, -0.25) is 0 Å². The zero-order valence-electron chi connectivity index (χ0n) is 24.8. The molecule has 1 aromatic carbocycles. The van der Waals surface area contributed by atoms with E-state index in [1.54, 1.807) is 0 Å². The Morgan fingerprint density at radius 3 is 1.76 bits per heavy atom. The highest BCUT2D eigenvalue weighted by molar-refractivity contribution is 5.55. The molecule has 0 unspecified atom stereocenters. The van der Waals surface area contributed by atoms with Crippen LogP contribution in [0.25, 0.3) is 11.4 Å². The van der Waals surface area contributed by atoms with Crippen molar-refractivity contribution < 1.29 is 4.74 Å². The van der Waals surface area contributed by atoms with Gasteiger partial charge in [-0.25, -0.2) is 9.97 Å². The van der Waals surface area contributed by atoms with Crippen LogP contribution in [0, 0.1) is 11.8 Å². The lowest BCUT2D eigenvalue weighted by Gasteiger charge is -2.28. The molecule has 0 bridgehead atoms. The van der Waals surface area contributed by atoms with Crippen molar-refractivity contribution in [2.75, 3.05) is 6.61 Å². The first kappa shape index (κ1) is 30.6. The third-order valence-electron chi connectivity index (χ3n) is 8.61. The largest absolute Gasteiger partial charge is 0.494 e. The van der Waals surface area contributed by atoms with Crippen LogP contribution in [0.1, 0.15) is 141 Å². The first-order valence-corrected chi connectivity index (χ1v) is 16.3. The van der Waals surface area contributed by atoms with E-state index in [0.717, 1.165) is 48.4 Å². The fraction of sp³-hybridized carbons (Fsp3) is 0.714. The SMILES string of the molecule is CCCCCCCCCCCCOc1ccc(-c2ncc(CCC3CCC(CCCCC)CC3)cn2)cc1. The molecule has 212 valence electrons. The molecule has 0 N–H and O–H groups in total. The van der Waals surface area contributed by atoms with Crippen molar-refractivity contribution in [2.24, 2.45) is 11.8 Å². The van der Waals surface area contributed by atoms with Gasteiger partial charge >= 0.3 is 0 Å². The maximum atomic E-state index is 5.97. The minimum Gasteiger partial charge on any atom is -0.494 e. The summed E-state index contributed by atoms with van der Waals surface area (Å²) in [4.78, 5) is 9.35. The minimum absolute atomic E-state index is 0.807. The summed E-state index contributed by atoms with van der Waals surface area (Å²) in [6, 6.07) is 8.28. The van der Waals surface area contributed by atoms with Gasteiger partial charge in [-0.05, 0) is 60.9 Å². The first-order chi connectivity index (χ1) is 18.8. The Hall–Kier alpha value is -1.90. The number of ether oxygens (including phenoxy) is 1. The highest BCUT2D eigenvalue weighted by atomic mass is 16.5. The van der Waals surface area contributed by atoms with Crippen molar-refractivity contribution in [3.63, 3.8) is 0 Å². The van der Waals surface area contributed by atoms with Gasteiger partial charge in [-0.15, -0.1) is 0 Å². The van der Waals surface area contributed by atoms with Gasteiger partial charge in [0.1, 0.15) is 5.75 Å². The molecular weight excluding hydrogens is 464 g/mol. The van der Waals surface area contributed by atoms with Gasteiger partial charge in [0, 0.05) is 18.0 Å². The highest BCUT2D eigenvalue weighted by Crippen LogP contribution is 2.34. The van der Waals surface area contributed by atoms with Crippen molar-refractivity contribution >= 4 is 0 Å². The first-order valence-electron chi connectivity index (χ1n) is 16.3. The number of aryl methyl sites for hydroxylation is 1. The van der Waals surface area contributed by atoms with Gasteiger partial charge in [0.05, 0.1) is 6.61 Å². The predicted octanol–water partition coefficient (Wildman–Crippen LogP) is 10.8. The molecule has 1 aliphatic carbocycles. The van der Waals surface area contributed by atoms with Gasteiger partial charge in [0.25, 0.3) is 0 Å². The molecule has 2 aromatic rings. The standard InChI is InChI=1S/C35H56N2O/c1-3-5-7-8-9-10-11-12-13-15-27-38-34-25-23-33(24-26-34)35-36-28-32(29-37-35)22-21-31-19-17-30(18-20-31)16-14-6-4-2/h23-26,28-31H,3-22,27H2,1-2H3. The molecule has 3 heteroatoms. The van der Waals surface area contributed by atoms with Crippen LogP contribution in [0.4, 0.5) is 0 Å².